The Morgan fingerprint density at radius 2 is 1.66 bits per heavy atom. The third kappa shape index (κ3) is 3.24. The van der Waals surface area contributed by atoms with E-state index in [1.54, 1.807) is 6.20 Å². The Bertz CT molecular complexity index is 1330. The van der Waals surface area contributed by atoms with E-state index >= 15 is 0 Å². The number of para-hydroxylation sites is 1. The van der Waals surface area contributed by atoms with Crippen molar-refractivity contribution in [2.24, 2.45) is 5.92 Å². The summed E-state index contributed by atoms with van der Waals surface area (Å²) < 4.78 is 3.63. The van der Waals surface area contributed by atoms with Crippen LogP contribution in [0.2, 0.25) is 0 Å². The molecule has 1 amide bonds. The minimum atomic E-state index is -0.0342. The highest BCUT2D eigenvalue weighted by Crippen LogP contribution is 2.31. The molecular formula is C26H22N4O2. The molecule has 0 bridgehead atoms. The van der Waals surface area contributed by atoms with Crippen molar-refractivity contribution in [3.05, 3.63) is 95.9 Å². The number of fused-ring (bicyclic) bond motifs is 2. The molecule has 6 rings (SSSR count). The van der Waals surface area contributed by atoms with Gasteiger partial charge in [-0.3, -0.25) is 9.59 Å². The smallest absolute Gasteiger partial charge is 0.258 e. The zero-order valence-electron chi connectivity index (χ0n) is 17.5. The second kappa shape index (κ2) is 7.34. The summed E-state index contributed by atoms with van der Waals surface area (Å²) in [6.07, 6.45) is 5.69. The van der Waals surface area contributed by atoms with E-state index in [-0.39, 0.29) is 17.7 Å². The molecule has 6 nitrogen and oxygen atoms in total. The Morgan fingerprint density at radius 3 is 2.47 bits per heavy atom. The van der Waals surface area contributed by atoms with Crippen molar-refractivity contribution in [2.45, 2.75) is 25.9 Å². The van der Waals surface area contributed by atoms with Crippen molar-refractivity contribution in [1.82, 2.24) is 14.3 Å². The normalized spacial score (nSPS) is 15.1. The summed E-state index contributed by atoms with van der Waals surface area (Å²) >= 11 is 0. The van der Waals surface area contributed by atoms with E-state index in [1.807, 2.05) is 59.5 Å². The van der Waals surface area contributed by atoms with Crippen molar-refractivity contribution in [3.8, 4) is 11.3 Å². The lowest BCUT2D eigenvalue weighted by molar-refractivity contribution is 0.0870. The van der Waals surface area contributed by atoms with Gasteiger partial charge in [0.15, 0.2) is 0 Å². The first-order valence-electron chi connectivity index (χ1n) is 10.9. The van der Waals surface area contributed by atoms with Crippen LogP contribution in [0.15, 0.2) is 79.1 Å². The van der Waals surface area contributed by atoms with Gasteiger partial charge in [0, 0.05) is 47.4 Å². The molecule has 0 atom stereocenters. The molecule has 6 heteroatoms. The number of carbonyl (C=O) groups is 2. The fourth-order valence-electron chi connectivity index (χ4n) is 4.32. The largest absolute Gasteiger partial charge is 0.345 e. The molecule has 0 N–H and O–H groups in total. The number of anilines is 1. The minimum absolute atomic E-state index is 0.0342. The van der Waals surface area contributed by atoms with Gasteiger partial charge in [0.1, 0.15) is 0 Å². The van der Waals surface area contributed by atoms with Crippen LogP contribution in [0, 0.1) is 5.92 Å². The first-order valence-corrected chi connectivity index (χ1v) is 10.9. The summed E-state index contributed by atoms with van der Waals surface area (Å²) in [6, 6.07) is 21.5. The Hall–Kier alpha value is -3.93. The average Bonchev–Trinajstić information content (AvgIpc) is 3.45. The third-order valence-electron chi connectivity index (χ3n) is 6.28. The van der Waals surface area contributed by atoms with Crippen LogP contribution in [-0.2, 0) is 13.1 Å². The molecule has 2 aromatic heterocycles. The lowest BCUT2D eigenvalue weighted by atomic mass is 10.1. The summed E-state index contributed by atoms with van der Waals surface area (Å²) in [6.45, 7) is 1.28. The maximum absolute atomic E-state index is 13.5. The second-order valence-electron chi connectivity index (χ2n) is 8.48. The van der Waals surface area contributed by atoms with E-state index in [4.69, 9.17) is 0 Å². The molecule has 0 saturated heterocycles. The van der Waals surface area contributed by atoms with Gasteiger partial charge in [-0.05, 0) is 54.8 Å². The predicted molar refractivity (Wildman–Crippen MR) is 122 cm³/mol. The van der Waals surface area contributed by atoms with Crippen molar-refractivity contribution in [2.75, 3.05) is 4.90 Å². The molecule has 32 heavy (non-hydrogen) atoms. The number of benzene rings is 2. The van der Waals surface area contributed by atoms with Crippen LogP contribution in [0.3, 0.4) is 0 Å². The molecule has 1 fully saturated rings. The number of aromatic nitrogens is 3. The molecule has 4 aromatic rings. The highest BCUT2D eigenvalue weighted by atomic mass is 16.2. The van der Waals surface area contributed by atoms with Crippen LogP contribution in [0.4, 0.5) is 5.69 Å². The van der Waals surface area contributed by atoms with E-state index in [2.05, 4.69) is 28.0 Å². The van der Waals surface area contributed by atoms with Gasteiger partial charge in [-0.2, -0.15) is 5.10 Å². The lowest BCUT2D eigenvalue weighted by Gasteiger charge is -2.23. The molecule has 0 spiro atoms. The minimum Gasteiger partial charge on any atom is -0.345 e. The fourth-order valence-corrected chi connectivity index (χ4v) is 4.32. The van der Waals surface area contributed by atoms with Crippen LogP contribution in [-0.4, -0.2) is 26.2 Å². The quantitative estimate of drug-likeness (QED) is 0.484. The number of hydrogen-bond donors (Lipinski definition) is 0. The summed E-state index contributed by atoms with van der Waals surface area (Å²) in [5.41, 5.74) is 5.42. The van der Waals surface area contributed by atoms with Gasteiger partial charge < -0.3 is 9.47 Å². The van der Waals surface area contributed by atoms with Crippen LogP contribution in [0.5, 0.6) is 0 Å². The van der Waals surface area contributed by atoms with Crippen molar-refractivity contribution >= 4 is 17.5 Å². The van der Waals surface area contributed by atoms with Crippen molar-refractivity contribution < 1.29 is 9.59 Å². The number of rotatable bonds is 3. The van der Waals surface area contributed by atoms with E-state index < -0.39 is 0 Å². The Morgan fingerprint density at radius 1 is 0.844 bits per heavy atom. The molecule has 0 unspecified atom stereocenters. The number of carbonyl (C=O) groups excluding carboxylic acids is 2. The first kappa shape index (κ1) is 18.8. The van der Waals surface area contributed by atoms with Gasteiger partial charge in [-0.25, -0.2) is 4.68 Å². The Kier molecular flexibility index (Phi) is 4.31. The molecule has 2 aromatic carbocycles. The molecule has 3 heterocycles. The lowest BCUT2D eigenvalue weighted by Crippen LogP contribution is -2.30. The third-order valence-corrected chi connectivity index (χ3v) is 6.28. The standard InChI is InChI=1S/C26H22N4O2/c31-25(29-17-22-5-3-14-28(22)16-21-4-1-2-6-24(21)29)19-9-7-18(8-10-19)23-13-15-30(27-23)26(32)20-11-12-20/h1-10,13-15,20H,11-12,16-17H2. The first-order chi connectivity index (χ1) is 15.7. The van der Waals surface area contributed by atoms with E-state index in [0.717, 1.165) is 47.6 Å². The Balaban J connectivity index is 1.29. The number of nitrogens with zero attached hydrogens (tertiary/aromatic N) is 4. The van der Waals surface area contributed by atoms with Gasteiger partial charge in [-0.15, -0.1) is 0 Å². The van der Waals surface area contributed by atoms with Crippen molar-refractivity contribution in [1.29, 1.82) is 0 Å². The topological polar surface area (TPSA) is 60.1 Å². The van der Waals surface area contributed by atoms with E-state index in [9.17, 15) is 9.59 Å². The molecule has 2 aliphatic rings. The summed E-state index contributed by atoms with van der Waals surface area (Å²) in [7, 11) is 0. The van der Waals surface area contributed by atoms with Crippen LogP contribution in [0.25, 0.3) is 11.3 Å². The number of amides is 1. The predicted octanol–water partition coefficient (Wildman–Crippen LogP) is 4.61. The highest BCUT2D eigenvalue weighted by Gasteiger charge is 2.31. The summed E-state index contributed by atoms with van der Waals surface area (Å²) in [5.74, 6) is 0.154. The molecule has 1 saturated carbocycles. The molecule has 1 aliphatic carbocycles. The molecule has 0 radical (unpaired) electrons. The second-order valence-corrected chi connectivity index (χ2v) is 8.48. The van der Waals surface area contributed by atoms with Gasteiger partial charge in [0.25, 0.3) is 5.91 Å². The zero-order chi connectivity index (χ0) is 21.7. The fraction of sp³-hybridized carbons (Fsp3) is 0.192. The average molecular weight is 422 g/mol. The molecule has 158 valence electrons. The summed E-state index contributed by atoms with van der Waals surface area (Å²) in [5, 5.41) is 4.44. The van der Waals surface area contributed by atoms with Crippen LogP contribution >= 0.6 is 0 Å². The van der Waals surface area contributed by atoms with Gasteiger partial charge in [0.2, 0.25) is 5.91 Å². The van der Waals surface area contributed by atoms with Gasteiger partial charge >= 0.3 is 0 Å². The maximum atomic E-state index is 13.5. The van der Waals surface area contributed by atoms with Gasteiger partial charge in [-0.1, -0.05) is 30.3 Å². The highest BCUT2D eigenvalue weighted by molar-refractivity contribution is 6.06. The van der Waals surface area contributed by atoms with Crippen LogP contribution < -0.4 is 4.90 Å². The van der Waals surface area contributed by atoms with Crippen molar-refractivity contribution in [3.63, 3.8) is 0 Å². The van der Waals surface area contributed by atoms with Crippen LogP contribution in [0.1, 0.15) is 39.3 Å². The summed E-state index contributed by atoms with van der Waals surface area (Å²) in [4.78, 5) is 27.6. The number of hydrogen-bond acceptors (Lipinski definition) is 3. The maximum Gasteiger partial charge on any atom is 0.258 e. The van der Waals surface area contributed by atoms with E-state index in [1.165, 1.54) is 4.68 Å². The zero-order valence-corrected chi connectivity index (χ0v) is 17.5. The SMILES string of the molecule is O=C(c1ccc(-c2ccn(C(=O)C3CC3)n2)cc1)N1Cc2cccn2Cc2ccccc21. The Labute approximate surface area is 185 Å². The molecular weight excluding hydrogens is 400 g/mol. The van der Waals surface area contributed by atoms with Gasteiger partial charge in [0.05, 0.1) is 12.2 Å². The monoisotopic (exact) mass is 422 g/mol. The molecule has 1 aliphatic heterocycles. The van der Waals surface area contributed by atoms with E-state index in [0.29, 0.717) is 12.1 Å².